The normalized spacial score (nSPS) is 16.2. The van der Waals surface area contributed by atoms with Gasteiger partial charge in [-0.3, -0.25) is 0 Å². The number of rotatable bonds is 4. The van der Waals surface area contributed by atoms with Crippen LogP contribution in [0.3, 0.4) is 0 Å². The van der Waals surface area contributed by atoms with Crippen LogP contribution in [0, 0.1) is 0 Å². The summed E-state index contributed by atoms with van der Waals surface area (Å²) in [6.07, 6.45) is -23.5. The Kier molecular flexibility index (Phi) is 8.10. The molecule has 0 amide bonds. The molecule has 0 aliphatic carbocycles. The molecule has 0 radical (unpaired) electrons. The summed E-state index contributed by atoms with van der Waals surface area (Å²) in [5, 5.41) is 0. The van der Waals surface area contributed by atoms with Crippen LogP contribution in [-0.2, 0) is 4.94 Å². The van der Waals surface area contributed by atoms with Crippen molar-refractivity contribution in [3.63, 3.8) is 0 Å². The second-order valence-corrected chi connectivity index (χ2v) is 3.51. The van der Waals surface area contributed by atoms with E-state index in [4.69, 9.17) is 0 Å². The van der Waals surface area contributed by atoms with Gasteiger partial charge in [0.1, 0.15) is 6.26 Å². The molecule has 0 saturated heterocycles. The number of alkyl halides is 10. The maximum absolute atomic E-state index is 13.0. The summed E-state index contributed by atoms with van der Waals surface area (Å²) in [6, 6.07) is 0. The predicted molar refractivity (Wildman–Crippen MR) is 48.5 cm³/mol. The first-order chi connectivity index (χ1) is 10.4. The van der Waals surface area contributed by atoms with E-state index in [1.54, 1.807) is 0 Å². The van der Waals surface area contributed by atoms with Gasteiger partial charge >= 0.3 is 30.0 Å². The Hall–Kier alpha value is -1.70. The lowest BCUT2D eigenvalue weighted by Gasteiger charge is -2.35. The third-order valence-electron chi connectivity index (χ3n) is 1.99. The summed E-state index contributed by atoms with van der Waals surface area (Å²) in [4.78, 5) is 2.81. The van der Waals surface area contributed by atoms with Gasteiger partial charge in [0.25, 0.3) is 6.17 Å². The Morgan fingerprint density at radius 1 is 0.875 bits per heavy atom. The number of hydrogen-bond donors (Lipinski definition) is 0. The molecule has 0 saturated carbocycles. The van der Waals surface area contributed by atoms with Crippen molar-refractivity contribution < 1.29 is 66.5 Å². The summed E-state index contributed by atoms with van der Waals surface area (Å²) in [6.45, 7) is 2.88. The Morgan fingerprint density at radius 3 is 1.38 bits per heavy atom. The molecule has 0 aliphatic rings. The minimum atomic E-state index is -7.28. The Morgan fingerprint density at radius 2 is 1.21 bits per heavy atom. The van der Waals surface area contributed by atoms with Crippen molar-refractivity contribution in [2.24, 2.45) is 0 Å². The van der Waals surface area contributed by atoms with Crippen molar-refractivity contribution in [3.05, 3.63) is 24.7 Å². The number of halogens is 14. The van der Waals surface area contributed by atoms with E-state index in [1.807, 2.05) is 0 Å². The standard InChI is InChI=1S/C7HF13.C2H3FO/c8-1(2(9)10)4(12,7(18,19)20)5(13,14)3(11)6(15,16)17;1-2-4-3/h3H;2H,1H2. The molecule has 0 fully saturated rings. The van der Waals surface area contributed by atoms with Gasteiger partial charge in [-0.2, -0.15) is 43.9 Å². The van der Waals surface area contributed by atoms with E-state index >= 15 is 0 Å². The molecule has 0 N–H and O–H groups in total. The number of allylic oxidation sites excluding steroid dienone is 1. The summed E-state index contributed by atoms with van der Waals surface area (Å²) in [5.74, 6) is -11.8. The summed E-state index contributed by atoms with van der Waals surface area (Å²) >= 11 is 0. The molecule has 0 bridgehead atoms. The van der Waals surface area contributed by atoms with Crippen molar-refractivity contribution in [3.8, 4) is 0 Å². The zero-order valence-electron chi connectivity index (χ0n) is 10.6. The summed E-state index contributed by atoms with van der Waals surface area (Å²) in [7, 11) is 0. The highest BCUT2D eigenvalue weighted by molar-refractivity contribution is 5.22. The first-order valence-corrected chi connectivity index (χ1v) is 4.86. The van der Waals surface area contributed by atoms with Crippen molar-refractivity contribution in [1.29, 1.82) is 0 Å². The maximum atomic E-state index is 13.0. The molecule has 0 aromatic heterocycles. The van der Waals surface area contributed by atoms with Crippen LogP contribution in [0.5, 0.6) is 0 Å². The van der Waals surface area contributed by atoms with Crippen LogP contribution in [0.25, 0.3) is 0 Å². The summed E-state index contributed by atoms with van der Waals surface area (Å²) in [5.41, 5.74) is -7.17. The van der Waals surface area contributed by atoms with E-state index in [-0.39, 0.29) is 0 Å². The van der Waals surface area contributed by atoms with Gasteiger partial charge in [0, 0.05) is 4.53 Å². The molecule has 0 aromatic carbocycles. The smallest absolute Gasteiger partial charge is 0.303 e. The third kappa shape index (κ3) is 4.90. The van der Waals surface area contributed by atoms with E-state index < -0.39 is 42.0 Å². The quantitative estimate of drug-likeness (QED) is 0.426. The molecule has 0 rings (SSSR count). The zero-order chi connectivity index (χ0) is 20.1. The SMILES string of the molecule is C=COF.FC(F)=C(F)C(F)(C(F)(F)F)C(F)(F)C(F)C(F)(F)F. The van der Waals surface area contributed by atoms with Crippen molar-refractivity contribution >= 4 is 0 Å². The molecule has 0 aliphatic heterocycles. The molecule has 0 heterocycles. The average Bonchev–Trinajstić information content (AvgIpc) is 2.42. The van der Waals surface area contributed by atoms with Gasteiger partial charge < -0.3 is 4.94 Å². The molecule has 0 aromatic rings. The Bertz CT molecular complexity index is 444. The van der Waals surface area contributed by atoms with Crippen LogP contribution < -0.4 is 0 Å². The molecule has 15 heteroatoms. The number of hydrogen-bond acceptors (Lipinski definition) is 1. The van der Waals surface area contributed by atoms with E-state index in [9.17, 15) is 61.6 Å². The highest BCUT2D eigenvalue weighted by Gasteiger charge is 2.81. The second-order valence-electron chi connectivity index (χ2n) is 3.51. The monoisotopic (exact) mass is 394 g/mol. The molecule has 2 atom stereocenters. The predicted octanol–water partition coefficient (Wildman–Crippen LogP) is 5.90. The van der Waals surface area contributed by atoms with Crippen LogP contribution in [-0.4, -0.2) is 30.1 Å². The molecule has 2 unspecified atom stereocenters. The highest BCUT2D eigenvalue weighted by Crippen LogP contribution is 2.55. The van der Waals surface area contributed by atoms with E-state index in [0.29, 0.717) is 6.26 Å². The van der Waals surface area contributed by atoms with Crippen LogP contribution >= 0.6 is 0 Å². The van der Waals surface area contributed by atoms with E-state index in [2.05, 4.69) is 11.5 Å². The van der Waals surface area contributed by atoms with Crippen molar-refractivity contribution in [1.82, 2.24) is 0 Å². The highest BCUT2D eigenvalue weighted by atomic mass is 19.4. The maximum Gasteiger partial charge on any atom is 0.435 e. The third-order valence-corrected chi connectivity index (χ3v) is 1.99. The molecule has 1 nitrogen and oxygen atoms in total. The van der Waals surface area contributed by atoms with Crippen LogP contribution in [0.1, 0.15) is 0 Å². The molecular weight excluding hydrogens is 390 g/mol. The first kappa shape index (κ1) is 24.6. The van der Waals surface area contributed by atoms with Crippen LogP contribution in [0.15, 0.2) is 24.7 Å². The largest absolute Gasteiger partial charge is 0.435 e. The second kappa shape index (κ2) is 7.92. The molecule has 0 spiro atoms. The average molecular weight is 394 g/mol. The Balaban J connectivity index is 0. The lowest BCUT2D eigenvalue weighted by atomic mass is 9.91. The molecular formula is C9H4F14O. The minimum Gasteiger partial charge on any atom is -0.303 e. The molecule has 144 valence electrons. The van der Waals surface area contributed by atoms with Gasteiger partial charge in [0.05, 0.1) is 0 Å². The Labute approximate surface area is 123 Å². The van der Waals surface area contributed by atoms with Crippen molar-refractivity contribution in [2.45, 2.75) is 30.1 Å². The fraction of sp³-hybridized carbons (Fsp3) is 0.556. The fourth-order valence-corrected chi connectivity index (χ4v) is 0.970. The topological polar surface area (TPSA) is 9.23 Å². The lowest BCUT2D eigenvalue weighted by molar-refractivity contribution is -0.337. The van der Waals surface area contributed by atoms with E-state index in [0.717, 1.165) is 0 Å². The van der Waals surface area contributed by atoms with Crippen molar-refractivity contribution in [2.75, 3.05) is 0 Å². The van der Waals surface area contributed by atoms with Gasteiger partial charge in [-0.05, 0) is 0 Å². The first-order valence-electron chi connectivity index (χ1n) is 4.86. The van der Waals surface area contributed by atoms with Gasteiger partial charge in [-0.25, -0.2) is 13.2 Å². The minimum absolute atomic E-state index is 0.708. The molecule has 24 heavy (non-hydrogen) atoms. The lowest BCUT2D eigenvalue weighted by Crippen LogP contribution is -2.63. The van der Waals surface area contributed by atoms with Gasteiger partial charge in [0.15, 0.2) is 0 Å². The van der Waals surface area contributed by atoms with Crippen LogP contribution in [0.2, 0.25) is 0 Å². The van der Waals surface area contributed by atoms with Gasteiger partial charge in [0.2, 0.25) is 5.83 Å². The van der Waals surface area contributed by atoms with Gasteiger partial charge in [-0.15, -0.1) is 0 Å². The zero-order valence-corrected chi connectivity index (χ0v) is 10.6. The van der Waals surface area contributed by atoms with Crippen LogP contribution in [0.4, 0.5) is 61.6 Å². The van der Waals surface area contributed by atoms with Gasteiger partial charge in [-0.1, -0.05) is 6.58 Å². The summed E-state index contributed by atoms with van der Waals surface area (Å²) < 4.78 is 167. The van der Waals surface area contributed by atoms with E-state index in [1.165, 1.54) is 0 Å². The fourth-order valence-electron chi connectivity index (χ4n) is 0.970.